The Morgan fingerprint density at radius 1 is 1.38 bits per heavy atom. The zero-order valence-electron chi connectivity index (χ0n) is 9.53. The molecule has 1 aromatic rings. The number of benzene rings is 1. The van der Waals surface area contributed by atoms with Gasteiger partial charge in [0, 0.05) is 0 Å². The maximum absolute atomic E-state index is 12.6. The molecule has 0 saturated heterocycles. The smallest absolute Gasteiger partial charge is 0.123 e. The molecular weight excluding hydrogens is 203 g/mol. The van der Waals surface area contributed by atoms with Crippen LogP contribution in [0.1, 0.15) is 19.4 Å². The number of rotatable bonds is 4. The normalized spacial score (nSPS) is 11.6. The molecule has 0 heterocycles. The van der Waals surface area contributed by atoms with Crippen molar-refractivity contribution in [2.45, 2.75) is 19.4 Å². The standard InChI is InChI=1S/C14H15FO/c1-4-14(2,3)16-11-5-6-12-7-9-13(15)10-8-12/h1,5-10H,11H2,2-3H3/b6-5+. The summed E-state index contributed by atoms with van der Waals surface area (Å²) in [6.45, 7) is 4.10. The molecule has 1 aromatic carbocycles. The second-order valence-electron chi connectivity index (χ2n) is 3.92. The minimum Gasteiger partial charge on any atom is -0.359 e. The summed E-state index contributed by atoms with van der Waals surface area (Å²) in [7, 11) is 0. The van der Waals surface area contributed by atoms with Crippen LogP contribution in [-0.2, 0) is 4.74 Å². The molecule has 16 heavy (non-hydrogen) atoms. The van der Waals surface area contributed by atoms with Gasteiger partial charge in [0.25, 0.3) is 0 Å². The summed E-state index contributed by atoms with van der Waals surface area (Å²) in [4.78, 5) is 0. The molecule has 0 saturated carbocycles. The van der Waals surface area contributed by atoms with Gasteiger partial charge in [-0.05, 0) is 31.5 Å². The Morgan fingerprint density at radius 2 is 2.00 bits per heavy atom. The van der Waals surface area contributed by atoms with Gasteiger partial charge >= 0.3 is 0 Å². The minimum absolute atomic E-state index is 0.234. The lowest BCUT2D eigenvalue weighted by Crippen LogP contribution is -2.21. The van der Waals surface area contributed by atoms with E-state index >= 15 is 0 Å². The molecule has 0 N–H and O–H groups in total. The first kappa shape index (κ1) is 12.5. The fourth-order valence-electron chi connectivity index (χ4n) is 1.06. The zero-order valence-corrected chi connectivity index (χ0v) is 9.53. The lowest BCUT2D eigenvalue weighted by Gasteiger charge is -2.16. The molecule has 0 spiro atoms. The first-order chi connectivity index (χ1) is 7.53. The van der Waals surface area contributed by atoms with E-state index in [0.29, 0.717) is 6.61 Å². The van der Waals surface area contributed by atoms with Crippen LogP contribution in [0, 0.1) is 18.2 Å². The van der Waals surface area contributed by atoms with Crippen molar-refractivity contribution in [2.24, 2.45) is 0 Å². The topological polar surface area (TPSA) is 9.23 Å². The van der Waals surface area contributed by atoms with E-state index in [2.05, 4.69) is 5.92 Å². The molecule has 84 valence electrons. The van der Waals surface area contributed by atoms with Gasteiger partial charge in [0.2, 0.25) is 0 Å². The van der Waals surface area contributed by atoms with Crippen molar-refractivity contribution in [3.8, 4) is 12.3 Å². The Labute approximate surface area is 95.9 Å². The maximum Gasteiger partial charge on any atom is 0.123 e. The predicted octanol–water partition coefficient (Wildman–Crippen LogP) is 3.27. The highest BCUT2D eigenvalue weighted by atomic mass is 19.1. The lowest BCUT2D eigenvalue weighted by molar-refractivity contribution is 0.0473. The van der Waals surface area contributed by atoms with Crippen molar-refractivity contribution in [1.29, 1.82) is 0 Å². The molecule has 2 heteroatoms. The molecule has 0 amide bonds. The quantitative estimate of drug-likeness (QED) is 0.705. The molecule has 0 radical (unpaired) electrons. The van der Waals surface area contributed by atoms with E-state index in [1.54, 1.807) is 12.1 Å². The van der Waals surface area contributed by atoms with Gasteiger partial charge < -0.3 is 4.74 Å². The first-order valence-corrected chi connectivity index (χ1v) is 5.07. The van der Waals surface area contributed by atoms with Gasteiger partial charge in [-0.15, -0.1) is 6.42 Å². The Bertz CT molecular complexity index is 396. The average Bonchev–Trinajstić information content (AvgIpc) is 2.27. The van der Waals surface area contributed by atoms with Crippen LogP contribution in [0.25, 0.3) is 6.08 Å². The lowest BCUT2D eigenvalue weighted by atomic mass is 10.1. The van der Waals surface area contributed by atoms with E-state index in [1.165, 1.54) is 12.1 Å². The number of ether oxygens (including phenoxy) is 1. The average molecular weight is 218 g/mol. The largest absolute Gasteiger partial charge is 0.359 e. The molecule has 0 bridgehead atoms. The first-order valence-electron chi connectivity index (χ1n) is 5.07. The molecule has 1 rings (SSSR count). The maximum atomic E-state index is 12.6. The van der Waals surface area contributed by atoms with Crippen molar-refractivity contribution >= 4 is 6.08 Å². The second kappa shape index (κ2) is 5.48. The molecule has 1 nitrogen and oxygen atoms in total. The van der Waals surface area contributed by atoms with E-state index in [1.807, 2.05) is 26.0 Å². The monoisotopic (exact) mass is 218 g/mol. The van der Waals surface area contributed by atoms with Crippen LogP contribution in [0.2, 0.25) is 0 Å². The minimum atomic E-state index is -0.548. The summed E-state index contributed by atoms with van der Waals surface area (Å²) in [6, 6.07) is 6.26. The van der Waals surface area contributed by atoms with Crippen LogP contribution in [-0.4, -0.2) is 12.2 Å². The van der Waals surface area contributed by atoms with Crippen molar-refractivity contribution in [2.75, 3.05) is 6.61 Å². The van der Waals surface area contributed by atoms with Crippen LogP contribution < -0.4 is 0 Å². The summed E-state index contributed by atoms with van der Waals surface area (Å²) < 4.78 is 18.0. The summed E-state index contributed by atoms with van der Waals surface area (Å²) in [6.07, 6.45) is 9.00. The Morgan fingerprint density at radius 3 is 2.56 bits per heavy atom. The SMILES string of the molecule is C#CC(C)(C)OC/C=C/c1ccc(F)cc1. The van der Waals surface area contributed by atoms with Crippen LogP contribution in [0.4, 0.5) is 4.39 Å². The van der Waals surface area contributed by atoms with E-state index < -0.39 is 5.60 Å². The molecule has 0 unspecified atom stereocenters. The third kappa shape index (κ3) is 4.29. The van der Waals surface area contributed by atoms with Crippen LogP contribution >= 0.6 is 0 Å². The summed E-state index contributed by atoms with van der Waals surface area (Å²) in [5.74, 6) is 2.31. The summed E-state index contributed by atoms with van der Waals surface area (Å²) in [5, 5.41) is 0. The Kier molecular flexibility index (Phi) is 4.28. The van der Waals surface area contributed by atoms with Gasteiger partial charge in [-0.25, -0.2) is 4.39 Å². The Hall–Kier alpha value is -1.59. The van der Waals surface area contributed by atoms with Gasteiger partial charge in [-0.2, -0.15) is 0 Å². The van der Waals surface area contributed by atoms with Gasteiger partial charge in [-0.3, -0.25) is 0 Å². The molecule has 0 atom stereocenters. The fraction of sp³-hybridized carbons (Fsp3) is 0.286. The van der Waals surface area contributed by atoms with Crippen molar-refractivity contribution in [3.63, 3.8) is 0 Å². The third-order valence-corrected chi connectivity index (χ3v) is 2.07. The number of terminal acetylenes is 1. The zero-order chi connectivity index (χ0) is 12.0. The molecule has 0 aliphatic carbocycles. The number of hydrogen-bond donors (Lipinski definition) is 0. The van der Waals surface area contributed by atoms with Crippen LogP contribution in [0.5, 0.6) is 0 Å². The summed E-state index contributed by atoms with van der Waals surface area (Å²) in [5.41, 5.74) is 0.385. The van der Waals surface area contributed by atoms with Crippen molar-refractivity contribution in [3.05, 3.63) is 41.7 Å². The van der Waals surface area contributed by atoms with Gasteiger partial charge in [0.1, 0.15) is 11.4 Å². The number of hydrogen-bond acceptors (Lipinski definition) is 1. The van der Waals surface area contributed by atoms with E-state index in [4.69, 9.17) is 11.2 Å². The van der Waals surface area contributed by atoms with E-state index in [9.17, 15) is 4.39 Å². The molecule has 0 aliphatic heterocycles. The third-order valence-electron chi connectivity index (χ3n) is 2.07. The Balaban J connectivity index is 2.44. The van der Waals surface area contributed by atoms with E-state index in [0.717, 1.165) is 5.56 Å². The van der Waals surface area contributed by atoms with Crippen LogP contribution in [0.15, 0.2) is 30.3 Å². The van der Waals surface area contributed by atoms with Crippen molar-refractivity contribution in [1.82, 2.24) is 0 Å². The fourth-order valence-corrected chi connectivity index (χ4v) is 1.06. The number of halogens is 1. The van der Waals surface area contributed by atoms with Gasteiger partial charge in [0.15, 0.2) is 0 Å². The molecule has 0 fully saturated rings. The second-order valence-corrected chi connectivity index (χ2v) is 3.92. The molecule has 0 aliphatic rings. The van der Waals surface area contributed by atoms with Crippen LogP contribution in [0.3, 0.4) is 0 Å². The van der Waals surface area contributed by atoms with E-state index in [-0.39, 0.29) is 5.82 Å². The van der Waals surface area contributed by atoms with Gasteiger partial charge in [-0.1, -0.05) is 30.2 Å². The van der Waals surface area contributed by atoms with Gasteiger partial charge in [0.05, 0.1) is 6.61 Å². The molecule has 0 aromatic heterocycles. The predicted molar refractivity (Wildman–Crippen MR) is 64.3 cm³/mol. The highest BCUT2D eigenvalue weighted by Crippen LogP contribution is 2.08. The summed E-state index contributed by atoms with van der Waals surface area (Å²) >= 11 is 0. The molecular formula is C14H15FO. The highest BCUT2D eigenvalue weighted by molar-refractivity contribution is 5.48. The van der Waals surface area contributed by atoms with Crippen molar-refractivity contribution < 1.29 is 9.13 Å². The highest BCUT2D eigenvalue weighted by Gasteiger charge is 2.11.